The van der Waals surface area contributed by atoms with Gasteiger partial charge in [-0.05, 0) is 43.5 Å². The molecule has 1 aliphatic heterocycles. The molecule has 24 heavy (non-hydrogen) atoms. The van der Waals surface area contributed by atoms with Crippen molar-refractivity contribution >= 4 is 21.5 Å². The molecule has 0 radical (unpaired) electrons. The summed E-state index contributed by atoms with van der Waals surface area (Å²) in [6.07, 6.45) is 3.24. The van der Waals surface area contributed by atoms with E-state index >= 15 is 0 Å². The summed E-state index contributed by atoms with van der Waals surface area (Å²) in [5, 5.41) is 8.68. The summed E-state index contributed by atoms with van der Waals surface area (Å²) in [4.78, 5) is 12.8. The highest BCUT2D eigenvalue weighted by Gasteiger charge is 2.31. The number of hydrogen-bond donors (Lipinski definition) is 2. The lowest BCUT2D eigenvalue weighted by molar-refractivity contribution is -0.137. The maximum Gasteiger partial charge on any atom is 0.303 e. The highest BCUT2D eigenvalue weighted by molar-refractivity contribution is 7.91. The molecule has 1 aromatic rings. The molecule has 3 N–H and O–H groups in total. The Labute approximate surface area is 143 Å². The number of unbranched alkanes of at least 4 members (excludes halogenated alkanes) is 2. The Balaban J connectivity index is 1.93. The Morgan fingerprint density at radius 2 is 1.92 bits per heavy atom. The first kappa shape index (κ1) is 18.7. The van der Waals surface area contributed by atoms with Crippen LogP contribution in [0.1, 0.15) is 37.7 Å². The third-order valence-electron chi connectivity index (χ3n) is 4.43. The molecule has 1 aromatic carbocycles. The fraction of sp³-hybridized carbons (Fsp3) is 0.588. The van der Waals surface area contributed by atoms with Gasteiger partial charge in [-0.3, -0.25) is 9.69 Å². The summed E-state index contributed by atoms with van der Waals surface area (Å²) in [6, 6.07) is 7.69. The molecule has 0 bridgehead atoms. The first-order chi connectivity index (χ1) is 11.4. The van der Waals surface area contributed by atoms with Gasteiger partial charge in [-0.1, -0.05) is 18.6 Å². The van der Waals surface area contributed by atoms with E-state index in [1.165, 1.54) is 0 Å². The van der Waals surface area contributed by atoms with Crippen LogP contribution in [0.25, 0.3) is 0 Å². The number of nitrogens with zero attached hydrogens (tertiary/aromatic N) is 1. The molecule has 0 unspecified atom stereocenters. The number of carboxylic acids is 1. The van der Waals surface area contributed by atoms with E-state index in [4.69, 9.17) is 10.8 Å². The van der Waals surface area contributed by atoms with E-state index in [0.717, 1.165) is 24.9 Å². The van der Waals surface area contributed by atoms with Crippen molar-refractivity contribution in [3.8, 4) is 0 Å². The van der Waals surface area contributed by atoms with E-state index in [9.17, 15) is 13.2 Å². The highest BCUT2D eigenvalue weighted by atomic mass is 32.2. The quantitative estimate of drug-likeness (QED) is 0.519. The van der Waals surface area contributed by atoms with Crippen LogP contribution in [-0.2, 0) is 21.2 Å². The zero-order valence-electron chi connectivity index (χ0n) is 13.9. The molecule has 1 saturated heterocycles. The van der Waals surface area contributed by atoms with Gasteiger partial charge in [-0.15, -0.1) is 0 Å². The third kappa shape index (κ3) is 6.13. The predicted octanol–water partition coefficient (Wildman–Crippen LogP) is 1.90. The van der Waals surface area contributed by atoms with Gasteiger partial charge in [-0.2, -0.15) is 0 Å². The number of hydrogen-bond acceptors (Lipinski definition) is 5. The van der Waals surface area contributed by atoms with Crippen LogP contribution >= 0.6 is 0 Å². The normalized spacial score (nSPS) is 19.6. The molecule has 0 amide bonds. The van der Waals surface area contributed by atoms with E-state index in [-0.39, 0.29) is 24.0 Å². The van der Waals surface area contributed by atoms with Crippen molar-refractivity contribution in [3.63, 3.8) is 0 Å². The van der Waals surface area contributed by atoms with Gasteiger partial charge in [0.25, 0.3) is 0 Å². The van der Waals surface area contributed by atoms with Gasteiger partial charge < -0.3 is 10.8 Å². The SMILES string of the molecule is Nc1ccc(CN(CCCCCC(=O)O)[C@H]2CCS(=O)(=O)C2)cc1. The summed E-state index contributed by atoms with van der Waals surface area (Å²) >= 11 is 0. The van der Waals surface area contributed by atoms with Crippen molar-refractivity contribution in [1.29, 1.82) is 0 Å². The average molecular weight is 354 g/mol. The second-order valence-corrected chi connectivity index (χ2v) is 8.70. The molecule has 0 aliphatic carbocycles. The standard InChI is InChI=1S/C17H26N2O4S/c18-15-7-5-14(6-8-15)12-19(10-3-1-2-4-17(20)21)16-9-11-24(22,23)13-16/h5-8,16H,1-4,9-13,18H2,(H,20,21)/t16-/m0/s1. The Hall–Kier alpha value is -1.60. The molecule has 1 atom stereocenters. The number of carboxylic acid groups (broad SMARTS) is 1. The van der Waals surface area contributed by atoms with E-state index in [1.807, 2.05) is 24.3 Å². The minimum absolute atomic E-state index is 0.0482. The number of aliphatic carboxylic acids is 1. The lowest BCUT2D eigenvalue weighted by Gasteiger charge is -2.28. The van der Waals surface area contributed by atoms with Crippen LogP contribution in [0.4, 0.5) is 5.69 Å². The molecule has 1 aliphatic rings. The van der Waals surface area contributed by atoms with Crippen LogP contribution in [0.15, 0.2) is 24.3 Å². The molecule has 0 aromatic heterocycles. The number of carbonyl (C=O) groups is 1. The Kier molecular flexibility index (Phi) is 6.62. The molecule has 134 valence electrons. The molecule has 6 nitrogen and oxygen atoms in total. The van der Waals surface area contributed by atoms with Gasteiger partial charge in [0.15, 0.2) is 9.84 Å². The zero-order chi connectivity index (χ0) is 17.6. The van der Waals surface area contributed by atoms with Crippen LogP contribution < -0.4 is 5.73 Å². The molecule has 2 rings (SSSR count). The summed E-state index contributed by atoms with van der Waals surface area (Å²) < 4.78 is 23.6. The van der Waals surface area contributed by atoms with Gasteiger partial charge in [0, 0.05) is 24.7 Å². The minimum Gasteiger partial charge on any atom is -0.481 e. The van der Waals surface area contributed by atoms with Crippen molar-refractivity contribution in [2.75, 3.05) is 23.8 Å². The van der Waals surface area contributed by atoms with Crippen LogP contribution in [-0.4, -0.2) is 48.5 Å². The smallest absolute Gasteiger partial charge is 0.303 e. The molecular weight excluding hydrogens is 328 g/mol. The minimum atomic E-state index is -2.93. The van der Waals surface area contributed by atoms with Gasteiger partial charge in [0.1, 0.15) is 0 Å². The fourth-order valence-electron chi connectivity index (χ4n) is 3.08. The highest BCUT2D eigenvalue weighted by Crippen LogP contribution is 2.21. The number of benzene rings is 1. The monoisotopic (exact) mass is 354 g/mol. The topological polar surface area (TPSA) is 101 Å². The van der Waals surface area contributed by atoms with Gasteiger partial charge >= 0.3 is 5.97 Å². The maximum absolute atomic E-state index is 11.8. The second-order valence-electron chi connectivity index (χ2n) is 6.47. The lowest BCUT2D eigenvalue weighted by atomic mass is 10.1. The van der Waals surface area contributed by atoms with Crippen LogP contribution in [0.5, 0.6) is 0 Å². The third-order valence-corrected chi connectivity index (χ3v) is 6.18. The van der Waals surface area contributed by atoms with Crippen molar-refractivity contribution in [3.05, 3.63) is 29.8 Å². The largest absolute Gasteiger partial charge is 0.481 e. The van der Waals surface area contributed by atoms with E-state index in [0.29, 0.717) is 25.1 Å². The molecule has 1 heterocycles. The van der Waals surface area contributed by atoms with Crippen LogP contribution in [0.3, 0.4) is 0 Å². The summed E-state index contributed by atoms with van der Waals surface area (Å²) in [5.41, 5.74) is 7.53. The molecule has 1 fully saturated rings. The second kappa shape index (κ2) is 8.48. The maximum atomic E-state index is 11.8. The van der Waals surface area contributed by atoms with Crippen LogP contribution in [0.2, 0.25) is 0 Å². The van der Waals surface area contributed by atoms with Gasteiger partial charge in [0.05, 0.1) is 11.5 Å². The number of sulfone groups is 1. The molecule has 0 saturated carbocycles. The summed E-state index contributed by atoms with van der Waals surface area (Å²) in [6.45, 7) is 1.48. The zero-order valence-corrected chi connectivity index (χ0v) is 14.7. The van der Waals surface area contributed by atoms with Gasteiger partial charge in [0.2, 0.25) is 0 Å². The predicted molar refractivity (Wildman–Crippen MR) is 94.4 cm³/mol. The average Bonchev–Trinajstić information content (AvgIpc) is 2.87. The van der Waals surface area contributed by atoms with Crippen molar-refractivity contribution in [2.24, 2.45) is 0 Å². The van der Waals surface area contributed by atoms with Crippen LogP contribution in [0, 0.1) is 0 Å². The van der Waals surface area contributed by atoms with Crippen molar-refractivity contribution in [2.45, 2.75) is 44.7 Å². The van der Waals surface area contributed by atoms with Crippen molar-refractivity contribution in [1.82, 2.24) is 4.90 Å². The van der Waals surface area contributed by atoms with E-state index in [2.05, 4.69) is 4.90 Å². The first-order valence-electron chi connectivity index (χ1n) is 8.36. The van der Waals surface area contributed by atoms with Gasteiger partial charge in [-0.25, -0.2) is 8.42 Å². The number of nitrogen functional groups attached to an aromatic ring is 1. The summed E-state index contributed by atoms with van der Waals surface area (Å²) in [7, 11) is -2.93. The fourth-order valence-corrected chi connectivity index (χ4v) is 4.84. The Bertz CT molecular complexity index is 643. The lowest BCUT2D eigenvalue weighted by Crippen LogP contribution is -2.36. The molecule has 0 spiro atoms. The number of nitrogens with two attached hydrogens (primary N) is 1. The first-order valence-corrected chi connectivity index (χ1v) is 10.2. The Morgan fingerprint density at radius 3 is 2.50 bits per heavy atom. The number of anilines is 1. The number of rotatable bonds is 9. The van der Waals surface area contributed by atoms with E-state index < -0.39 is 15.8 Å². The Morgan fingerprint density at radius 1 is 1.21 bits per heavy atom. The molecular formula is C17H26N2O4S. The summed E-state index contributed by atoms with van der Waals surface area (Å²) in [5.74, 6) is -0.290. The van der Waals surface area contributed by atoms with E-state index in [1.54, 1.807) is 0 Å². The molecule has 7 heteroatoms. The van der Waals surface area contributed by atoms with Crippen molar-refractivity contribution < 1.29 is 18.3 Å².